The molecule has 1 aromatic rings. The second kappa shape index (κ2) is 8.30. The quantitative estimate of drug-likeness (QED) is 0.786. The van der Waals surface area contributed by atoms with E-state index in [1.165, 1.54) is 0 Å². The summed E-state index contributed by atoms with van der Waals surface area (Å²) in [5.41, 5.74) is 7.28. The van der Waals surface area contributed by atoms with Gasteiger partial charge in [0.1, 0.15) is 5.54 Å². The number of benzene rings is 1. The molecule has 0 saturated heterocycles. The first-order valence-corrected chi connectivity index (χ1v) is 8.10. The first kappa shape index (κ1) is 20.9. The molecule has 1 aliphatic carbocycles. The van der Waals surface area contributed by atoms with Gasteiger partial charge in [-0.25, -0.2) is 0 Å². The molecule has 2 rings (SSSR count). The number of ether oxygens (including phenoxy) is 2. The molecule has 0 bridgehead atoms. The Hall–Kier alpha value is -1.14. The Kier molecular flexibility index (Phi) is 7.23. The van der Waals surface area contributed by atoms with E-state index >= 15 is 0 Å². The molecular formula is C18H29ClN2O3. The Morgan fingerprint density at radius 2 is 1.88 bits per heavy atom. The van der Waals surface area contributed by atoms with Crippen molar-refractivity contribution in [3.63, 3.8) is 0 Å². The van der Waals surface area contributed by atoms with Crippen molar-refractivity contribution in [3.8, 4) is 0 Å². The summed E-state index contributed by atoms with van der Waals surface area (Å²) in [6, 6.07) is 7.99. The molecule has 5 nitrogen and oxygen atoms in total. The zero-order valence-corrected chi connectivity index (χ0v) is 15.7. The molecule has 2 atom stereocenters. The molecule has 3 N–H and O–H groups in total. The summed E-state index contributed by atoms with van der Waals surface area (Å²) < 4.78 is 10.8. The van der Waals surface area contributed by atoms with E-state index in [0.717, 1.165) is 11.1 Å². The Balaban J connectivity index is 0.00000288. The topological polar surface area (TPSA) is 73.6 Å². The SMILES string of the molecule is CCOC1CC(N)(C(=O)NCc2ccc(COC)cc2)C1(C)C.Cl. The lowest BCUT2D eigenvalue weighted by Crippen LogP contribution is -2.75. The minimum absolute atomic E-state index is 0. The smallest absolute Gasteiger partial charge is 0.241 e. The third kappa shape index (κ3) is 3.91. The van der Waals surface area contributed by atoms with Crippen LogP contribution < -0.4 is 11.1 Å². The summed E-state index contributed by atoms with van der Waals surface area (Å²) in [6.07, 6.45) is 0.600. The highest BCUT2D eigenvalue weighted by Gasteiger charge is 2.62. The van der Waals surface area contributed by atoms with Crippen molar-refractivity contribution in [1.29, 1.82) is 0 Å². The highest BCUT2D eigenvalue weighted by Crippen LogP contribution is 2.49. The van der Waals surface area contributed by atoms with Gasteiger partial charge >= 0.3 is 0 Å². The summed E-state index contributed by atoms with van der Waals surface area (Å²) in [5, 5.41) is 2.96. The minimum Gasteiger partial charge on any atom is -0.380 e. The fraction of sp³-hybridized carbons (Fsp3) is 0.611. The number of hydrogen-bond donors (Lipinski definition) is 2. The van der Waals surface area contributed by atoms with E-state index in [2.05, 4.69) is 5.32 Å². The average molecular weight is 357 g/mol. The monoisotopic (exact) mass is 356 g/mol. The van der Waals surface area contributed by atoms with Gasteiger partial charge in [-0.2, -0.15) is 0 Å². The Bertz CT molecular complexity index is 548. The molecule has 0 aromatic heterocycles. The van der Waals surface area contributed by atoms with Crippen molar-refractivity contribution in [2.24, 2.45) is 11.1 Å². The maximum absolute atomic E-state index is 12.5. The van der Waals surface area contributed by atoms with E-state index in [9.17, 15) is 4.79 Å². The van der Waals surface area contributed by atoms with Crippen LogP contribution >= 0.6 is 12.4 Å². The number of carbonyl (C=O) groups is 1. The van der Waals surface area contributed by atoms with Gasteiger partial charge in [0.2, 0.25) is 5.91 Å². The molecule has 0 spiro atoms. The van der Waals surface area contributed by atoms with Crippen LogP contribution in [0.25, 0.3) is 0 Å². The van der Waals surface area contributed by atoms with Crippen LogP contribution in [0.1, 0.15) is 38.3 Å². The van der Waals surface area contributed by atoms with E-state index in [-0.39, 0.29) is 29.8 Å². The first-order chi connectivity index (χ1) is 10.8. The number of rotatable bonds is 7. The molecule has 0 heterocycles. The zero-order chi connectivity index (χ0) is 17.1. The lowest BCUT2D eigenvalue weighted by Gasteiger charge is -2.57. The Labute approximate surface area is 150 Å². The van der Waals surface area contributed by atoms with Crippen LogP contribution in [0.15, 0.2) is 24.3 Å². The van der Waals surface area contributed by atoms with Gasteiger partial charge in [-0.1, -0.05) is 38.1 Å². The highest BCUT2D eigenvalue weighted by atomic mass is 35.5. The average Bonchev–Trinajstić information content (AvgIpc) is 2.53. The second-order valence-electron chi connectivity index (χ2n) is 6.77. The Morgan fingerprint density at radius 1 is 1.29 bits per heavy atom. The van der Waals surface area contributed by atoms with Crippen molar-refractivity contribution in [2.75, 3.05) is 13.7 Å². The van der Waals surface area contributed by atoms with Crippen LogP contribution in [0.5, 0.6) is 0 Å². The third-order valence-corrected chi connectivity index (χ3v) is 5.02. The van der Waals surface area contributed by atoms with Crippen LogP contribution in [0.2, 0.25) is 0 Å². The van der Waals surface area contributed by atoms with E-state index in [1.54, 1.807) is 7.11 Å². The number of nitrogens with two attached hydrogens (primary N) is 1. The van der Waals surface area contributed by atoms with Crippen molar-refractivity contribution in [3.05, 3.63) is 35.4 Å². The summed E-state index contributed by atoms with van der Waals surface area (Å²) in [7, 11) is 1.67. The number of amides is 1. The molecule has 24 heavy (non-hydrogen) atoms. The maximum Gasteiger partial charge on any atom is 0.241 e. The fourth-order valence-electron chi connectivity index (χ4n) is 3.08. The van der Waals surface area contributed by atoms with Gasteiger partial charge in [-0.05, 0) is 18.1 Å². The normalized spacial score (nSPS) is 24.6. The van der Waals surface area contributed by atoms with Gasteiger partial charge in [-0.15, -0.1) is 12.4 Å². The molecule has 136 valence electrons. The van der Waals surface area contributed by atoms with E-state index in [4.69, 9.17) is 15.2 Å². The standard InChI is InChI=1S/C18H28N2O3.ClH/c1-5-23-15-10-18(19,17(15,2)3)16(21)20-11-13-6-8-14(9-7-13)12-22-4;/h6-9,15H,5,10-12,19H2,1-4H3,(H,20,21);1H. The molecule has 1 amide bonds. The Morgan fingerprint density at radius 3 is 2.38 bits per heavy atom. The lowest BCUT2D eigenvalue weighted by molar-refractivity contribution is -0.170. The third-order valence-electron chi connectivity index (χ3n) is 5.02. The number of halogens is 1. The minimum atomic E-state index is -0.872. The number of nitrogens with one attached hydrogen (secondary N) is 1. The largest absolute Gasteiger partial charge is 0.380 e. The van der Waals surface area contributed by atoms with Gasteiger partial charge in [-0.3, -0.25) is 4.79 Å². The molecule has 1 fully saturated rings. The van der Waals surface area contributed by atoms with E-state index in [0.29, 0.717) is 26.2 Å². The van der Waals surface area contributed by atoms with Crippen LogP contribution in [0.4, 0.5) is 0 Å². The summed E-state index contributed by atoms with van der Waals surface area (Å²) >= 11 is 0. The van der Waals surface area contributed by atoms with Crippen molar-refractivity contribution < 1.29 is 14.3 Å². The first-order valence-electron chi connectivity index (χ1n) is 8.10. The number of methoxy groups -OCH3 is 1. The van der Waals surface area contributed by atoms with E-state index in [1.807, 2.05) is 45.0 Å². The van der Waals surface area contributed by atoms with Gasteiger partial charge in [0.25, 0.3) is 0 Å². The van der Waals surface area contributed by atoms with Crippen molar-refractivity contribution in [2.45, 2.75) is 52.0 Å². The molecule has 0 aliphatic heterocycles. The molecule has 1 aliphatic rings. The van der Waals surface area contributed by atoms with Gasteiger partial charge in [0, 0.05) is 32.1 Å². The molecule has 1 saturated carbocycles. The van der Waals surface area contributed by atoms with Crippen molar-refractivity contribution >= 4 is 18.3 Å². The highest BCUT2D eigenvalue weighted by molar-refractivity contribution is 5.88. The molecule has 1 aromatic carbocycles. The summed E-state index contributed by atoms with van der Waals surface area (Å²) in [4.78, 5) is 12.5. The predicted octanol–water partition coefficient (Wildman–Crippen LogP) is 2.40. The van der Waals surface area contributed by atoms with Gasteiger partial charge in [0.05, 0.1) is 12.7 Å². The van der Waals surface area contributed by atoms with Crippen LogP contribution in [-0.2, 0) is 27.4 Å². The molecule has 2 unspecified atom stereocenters. The van der Waals surface area contributed by atoms with Crippen LogP contribution in [0.3, 0.4) is 0 Å². The van der Waals surface area contributed by atoms with Gasteiger partial charge in [0.15, 0.2) is 0 Å². The number of hydrogen-bond acceptors (Lipinski definition) is 4. The van der Waals surface area contributed by atoms with Gasteiger partial charge < -0.3 is 20.5 Å². The van der Waals surface area contributed by atoms with Crippen LogP contribution in [-0.4, -0.2) is 31.3 Å². The molecule has 6 heteroatoms. The summed E-state index contributed by atoms with van der Waals surface area (Å²) in [6.45, 7) is 7.65. The number of carbonyl (C=O) groups excluding carboxylic acids is 1. The molecular weight excluding hydrogens is 328 g/mol. The van der Waals surface area contributed by atoms with Crippen LogP contribution in [0, 0.1) is 5.41 Å². The summed E-state index contributed by atoms with van der Waals surface area (Å²) in [5.74, 6) is -0.112. The zero-order valence-electron chi connectivity index (χ0n) is 14.9. The maximum atomic E-state index is 12.5. The second-order valence-corrected chi connectivity index (χ2v) is 6.77. The lowest BCUT2D eigenvalue weighted by atomic mass is 9.54. The van der Waals surface area contributed by atoms with Crippen molar-refractivity contribution in [1.82, 2.24) is 5.32 Å². The molecule has 0 radical (unpaired) electrons. The van der Waals surface area contributed by atoms with E-state index < -0.39 is 5.54 Å². The predicted molar refractivity (Wildman–Crippen MR) is 97.0 cm³/mol. The fourth-order valence-corrected chi connectivity index (χ4v) is 3.08.